The minimum Gasteiger partial charge on any atom is -0.321 e. The monoisotopic (exact) mass is 360 g/mol. The van der Waals surface area contributed by atoms with Crippen LogP contribution in [-0.4, -0.2) is 9.13 Å². The summed E-state index contributed by atoms with van der Waals surface area (Å²) in [5.41, 5.74) is 2.15. The zero-order valence-corrected chi connectivity index (χ0v) is 15.2. The van der Waals surface area contributed by atoms with Gasteiger partial charge in [-0.05, 0) is 23.3 Å². The Kier molecular flexibility index (Phi) is 6.12. The molecule has 3 rings (SSSR count). The lowest BCUT2D eigenvalue weighted by Gasteiger charge is -2.08. The smallest absolute Gasteiger partial charge is 0.254 e. The van der Waals surface area contributed by atoms with E-state index >= 15 is 0 Å². The van der Waals surface area contributed by atoms with E-state index in [-0.39, 0.29) is 5.56 Å². The van der Waals surface area contributed by atoms with Gasteiger partial charge in [-0.1, -0.05) is 85.0 Å². The van der Waals surface area contributed by atoms with Crippen LogP contribution in [0.3, 0.4) is 0 Å². The Hall–Kier alpha value is -2.98. The van der Waals surface area contributed by atoms with Crippen LogP contribution < -0.4 is 5.56 Å². The third-order valence-corrected chi connectivity index (χ3v) is 4.40. The predicted molar refractivity (Wildman–Crippen MR) is 110 cm³/mol. The average molecular weight is 360 g/mol. The maximum Gasteiger partial charge on any atom is 0.254 e. The van der Waals surface area contributed by atoms with E-state index in [1.54, 1.807) is 16.8 Å². The van der Waals surface area contributed by atoms with Crippen LogP contribution in [0.5, 0.6) is 0 Å². The zero-order valence-electron chi connectivity index (χ0n) is 14.4. The van der Waals surface area contributed by atoms with Crippen molar-refractivity contribution in [1.29, 1.82) is 0 Å². The van der Waals surface area contributed by atoms with E-state index in [1.807, 2.05) is 89.5 Å². The Labute approximate surface area is 158 Å². The van der Waals surface area contributed by atoms with Crippen LogP contribution in [-0.2, 0) is 13.1 Å². The normalized spacial score (nSPS) is 11.4. The van der Waals surface area contributed by atoms with E-state index in [1.165, 1.54) is 0 Å². The number of allylic oxidation sites excluding steroid dienone is 2. The van der Waals surface area contributed by atoms with Gasteiger partial charge >= 0.3 is 0 Å². The molecule has 0 fully saturated rings. The fourth-order valence-corrected chi connectivity index (χ4v) is 2.89. The molecule has 0 unspecified atom stereocenters. The van der Waals surface area contributed by atoms with Crippen LogP contribution in [0.25, 0.3) is 12.2 Å². The highest BCUT2D eigenvalue weighted by molar-refractivity contribution is 7.71. The van der Waals surface area contributed by atoms with Crippen molar-refractivity contribution in [2.24, 2.45) is 0 Å². The van der Waals surface area contributed by atoms with Gasteiger partial charge in [0, 0.05) is 25.4 Å². The molecule has 0 aliphatic heterocycles. The van der Waals surface area contributed by atoms with Crippen LogP contribution >= 0.6 is 12.2 Å². The Balaban J connectivity index is 1.74. The molecule has 0 saturated heterocycles. The number of nitrogens with zero attached hydrogens (tertiary/aromatic N) is 2. The van der Waals surface area contributed by atoms with Gasteiger partial charge in [0.1, 0.15) is 0 Å². The van der Waals surface area contributed by atoms with Gasteiger partial charge in [-0.3, -0.25) is 9.36 Å². The van der Waals surface area contributed by atoms with E-state index in [0.29, 0.717) is 17.9 Å². The molecule has 0 spiro atoms. The fourth-order valence-electron chi connectivity index (χ4n) is 2.59. The van der Waals surface area contributed by atoms with E-state index in [4.69, 9.17) is 12.2 Å². The van der Waals surface area contributed by atoms with Crippen LogP contribution in [0.4, 0.5) is 0 Å². The molecule has 2 aromatic carbocycles. The number of rotatable bonds is 6. The third kappa shape index (κ3) is 4.77. The molecule has 0 aliphatic rings. The predicted octanol–water partition coefficient (Wildman–Crippen LogP) is 4.81. The first kappa shape index (κ1) is 17.8. The molecule has 0 saturated carbocycles. The largest absolute Gasteiger partial charge is 0.321 e. The fraction of sp³-hybridized carbons (Fsp3) is 0.0909. The highest BCUT2D eigenvalue weighted by atomic mass is 32.1. The van der Waals surface area contributed by atoms with Crippen LogP contribution in [0, 0.1) is 4.77 Å². The second-order valence-electron chi connectivity index (χ2n) is 5.83. The van der Waals surface area contributed by atoms with Gasteiger partial charge < -0.3 is 4.57 Å². The molecule has 1 aromatic heterocycles. The molecule has 0 bridgehead atoms. The van der Waals surface area contributed by atoms with Gasteiger partial charge in [0.15, 0.2) is 4.77 Å². The third-order valence-electron chi connectivity index (χ3n) is 3.95. The summed E-state index contributed by atoms with van der Waals surface area (Å²) in [7, 11) is 0. The van der Waals surface area contributed by atoms with Crippen molar-refractivity contribution in [2.45, 2.75) is 13.1 Å². The number of hydrogen-bond donors (Lipinski definition) is 0. The molecular formula is C22H20N2OS. The summed E-state index contributed by atoms with van der Waals surface area (Å²) < 4.78 is 4.02. The summed E-state index contributed by atoms with van der Waals surface area (Å²) in [6.45, 7) is 1.08. The summed E-state index contributed by atoms with van der Waals surface area (Å²) >= 11 is 5.50. The molecule has 26 heavy (non-hydrogen) atoms. The van der Waals surface area contributed by atoms with Crippen molar-refractivity contribution in [2.75, 3.05) is 0 Å². The molecule has 0 atom stereocenters. The molecule has 4 heteroatoms. The lowest BCUT2D eigenvalue weighted by molar-refractivity contribution is 0.653. The zero-order chi connectivity index (χ0) is 18.2. The Bertz CT molecular complexity index is 1020. The van der Waals surface area contributed by atoms with Crippen molar-refractivity contribution in [3.8, 4) is 0 Å². The minimum atomic E-state index is -0.0870. The van der Waals surface area contributed by atoms with Crippen LogP contribution in [0.1, 0.15) is 11.1 Å². The molecule has 0 aliphatic carbocycles. The van der Waals surface area contributed by atoms with Gasteiger partial charge in [0.05, 0.1) is 0 Å². The standard InChI is InChI=1S/C22H20N2OS/c25-21-15-18-23(16-7-13-19-9-3-1-4-10-19)22(26)24(21)17-8-14-20-11-5-2-6-12-20/h1-15,18H,16-17H2/b13-7-,14-8+. The van der Waals surface area contributed by atoms with Crippen molar-refractivity contribution in [3.63, 3.8) is 0 Å². The second kappa shape index (κ2) is 8.92. The van der Waals surface area contributed by atoms with Crippen molar-refractivity contribution < 1.29 is 0 Å². The lowest BCUT2D eigenvalue weighted by Crippen LogP contribution is -2.23. The van der Waals surface area contributed by atoms with Crippen molar-refractivity contribution in [3.05, 3.63) is 111 Å². The first-order valence-electron chi connectivity index (χ1n) is 8.47. The van der Waals surface area contributed by atoms with E-state index in [0.717, 1.165) is 11.1 Å². The highest BCUT2D eigenvalue weighted by Gasteiger charge is 1.99. The molecule has 0 amide bonds. The van der Waals surface area contributed by atoms with E-state index in [9.17, 15) is 4.79 Å². The summed E-state index contributed by atoms with van der Waals surface area (Å²) in [4.78, 5) is 12.2. The van der Waals surface area contributed by atoms with Gasteiger partial charge in [-0.25, -0.2) is 0 Å². The maximum atomic E-state index is 12.2. The average Bonchev–Trinajstić information content (AvgIpc) is 2.68. The molecule has 130 valence electrons. The van der Waals surface area contributed by atoms with Crippen LogP contribution in [0.15, 0.2) is 89.9 Å². The van der Waals surface area contributed by atoms with E-state index in [2.05, 4.69) is 0 Å². The number of benzene rings is 2. The first-order chi connectivity index (χ1) is 12.7. The second-order valence-corrected chi connectivity index (χ2v) is 6.19. The Morgan fingerprint density at radius 1 is 0.769 bits per heavy atom. The quantitative estimate of drug-likeness (QED) is 0.590. The topological polar surface area (TPSA) is 26.9 Å². The maximum absolute atomic E-state index is 12.2. The van der Waals surface area contributed by atoms with Crippen molar-refractivity contribution in [1.82, 2.24) is 9.13 Å². The van der Waals surface area contributed by atoms with E-state index < -0.39 is 0 Å². The molecule has 0 N–H and O–H groups in total. The summed E-state index contributed by atoms with van der Waals surface area (Å²) in [5.74, 6) is 0. The summed E-state index contributed by atoms with van der Waals surface area (Å²) in [6, 6.07) is 21.6. The number of aromatic nitrogens is 2. The molecule has 1 heterocycles. The van der Waals surface area contributed by atoms with Crippen LogP contribution in [0.2, 0.25) is 0 Å². The van der Waals surface area contributed by atoms with Crippen molar-refractivity contribution >= 4 is 24.4 Å². The van der Waals surface area contributed by atoms with Gasteiger partial charge in [0.2, 0.25) is 0 Å². The molecular weight excluding hydrogens is 340 g/mol. The first-order valence-corrected chi connectivity index (χ1v) is 8.88. The Morgan fingerprint density at radius 2 is 1.31 bits per heavy atom. The minimum absolute atomic E-state index is 0.0870. The molecule has 3 aromatic rings. The summed E-state index contributed by atoms with van der Waals surface area (Å²) in [6.07, 6.45) is 9.79. The highest BCUT2D eigenvalue weighted by Crippen LogP contribution is 2.03. The lowest BCUT2D eigenvalue weighted by atomic mass is 10.2. The molecule has 0 radical (unpaired) electrons. The number of hydrogen-bond acceptors (Lipinski definition) is 2. The van der Waals surface area contributed by atoms with Gasteiger partial charge in [-0.15, -0.1) is 0 Å². The van der Waals surface area contributed by atoms with Gasteiger partial charge in [-0.2, -0.15) is 0 Å². The SMILES string of the molecule is O=c1ccn(C/C=C\c2ccccc2)c(=S)n1C/C=C/c1ccccc1. The molecule has 3 nitrogen and oxygen atoms in total. The van der Waals surface area contributed by atoms with Gasteiger partial charge in [0.25, 0.3) is 5.56 Å². The Morgan fingerprint density at radius 3 is 1.88 bits per heavy atom. The summed E-state index contributed by atoms with van der Waals surface area (Å²) in [5, 5.41) is 0.